The molecule has 2 aromatic heterocycles. The Morgan fingerprint density at radius 1 is 0.882 bits per heavy atom. The van der Waals surface area contributed by atoms with Crippen LogP contribution in [0.25, 0.3) is 11.4 Å². The van der Waals surface area contributed by atoms with Crippen LogP contribution in [0.4, 0.5) is 13.2 Å². The van der Waals surface area contributed by atoms with Gasteiger partial charge in [0.2, 0.25) is 0 Å². The maximum absolute atomic E-state index is 12.3. The minimum absolute atomic E-state index is 0.429. The van der Waals surface area contributed by atoms with E-state index in [1.807, 2.05) is 13.0 Å². The summed E-state index contributed by atoms with van der Waals surface area (Å²) in [5.74, 6) is 0. The summed E-state index contributed by atoms with van der Waals surface area (Å²) in [6, 6.07) is 5.89. The predicted molar refractivity (Wildman–Crippen MR) is 57.2 cm³/mol. The average molecular weight is 238 g/mol. The standard InChI is InChI=1S/C12H9F3N2/c1-8-2-4-10(16-6-8)11-5-3-9(7-17-11)12(13,14)15/h2-7H,1H3. The van der Waals surface area contributed by atoms with Gasteiger partial charge in [-0.3, -0.25) is 9.97 Å². The molecule has 0 unspecified atom stereocenters. The summed E-state index contributed by atoms with van der Waals surface area (Å²) in [5, 5.41) is 0. The number of halogens is 3. The Labute approximate surface area is 96.2 Å². The van der Waals surface area contributed by atoms with Crippen LogP contribution < -0.4 is 0 Å². The van der Waals surface area contributed by atoms with Crippen LogP contribution in [0.5, 0.6) is 0 Å². The third kappa shape index (κ3) is 2.61. The van der Waals surface area contributed by atoms with Crippen molar-refractivity contribution in [3.63, 3.8) is 0 Å². The molecule has 2 nitrogen and oxygen atoms in total. The van der Waals surface area contributed by atoms with Crippen molar-refractivity contribution in [2.45, 2.75) is 13.1 Å². The van der Waals surface area contributed by atoms with Gasteiger partial charge in [-0.1, -0.05) is 6.07 Å². The molecule has 0 aromatic carbocycles. The summed E-state index contributed by atoms with van der Waals surface area (Å²) < 4.78 is 37.0. The van der Waals surface area contributed by atoms with E-state index in [0.717, 1.165) is 17.8 Å². The molecule has 0 aliphatic rings. The van der Waals surface area contributed by atoms with E-state index in [1.165, 1.54) is 6.07 Å². The first kappa shape index (κ1) is 11.6. The van der Waals surface area contributed by atoms with Crippen molar-refractivity contribution in [2.75, 3.05) is 0 Å². The first-order chi connectivity index (χ1) is 7.97. The van der Waals surface area contributed by atoms with E-state index in [-0.39, 0.29) is 0 Å². The second-order valence-corrected chi connectivity index (χ2v) is 3.65. The minimum Gasteiger partial charge on any atom is -0.254 e. The van der Waals surface area contributed by atoms with Crippen LogP contribution in [0.3, 0.4) is 0 Å². The van der Waals surface area contributed by atoms with Crippen LogP contribution in [-0.4, -0.2) is 9.97 Å². The Morgan fingerprint density at radius 2 is 1.47 bits per heavy atom. The van der Waals surface area contributed by atoms with Gasteiger partial charge in [-0.2, -0.15) is 13.2 Å². The van der Waals surface area contributed by atoms with E-state index in [9.17, 15) is 13.2 Å². The Morgan fingerprint density at radius 3 is 1.88 bits per heavy atom. The van der Waals surface area contributed by atoms with E-state index in [4.69, 9.17) is 0 Å². The summed E-state index contributed by atoms with van der Waals surface area (Å²) >= 11 is 0. The number of alkyl halides is 3. The molecular formula is C12H9F3N2. The summed E-state index contributed by atoms with van der Waals surface area (Å²) in [4.78, 5) is 7.86. The number of aryl methyl sites for hydroxylation is 1. The fraction of sp³-hybridized carbons (Fsp3) is 0.167. The van der Waals surface area contributed by atoms with Crippen molar-refractivity contribution < 1.29 is 13.2 Å². The second-order valence-electron chi connectivity index (χ2n) is 3.65. The molecule has 0 saturated heterocycles. The van der Waals surface area contributed by atoms with E-state index in [2.05, 4.69) is 9.97 Å². The van der Waals surface area contributed by atoms with Crippen molar-refractivity contribution in [2.24, 2.45) is 0 Å². The minimum atomic E-state index is -4.35. The van der Waals surface area contributed by atoms with Gasteiger partial charge in [0, 0.05) is 12.4 Å². The molecule has 0 aliphatic carbocycles. The lowest BCUT2D eigenvalue weighted by Gasteiger charge is -2.06. The zero-order valence-corrected chi connectivity index (χ0v) is 8.99. The molecule has 0 radical (unpaired) electrons. The highest BCUT2D eigenvalue weighted by Gasteiger charge is 2.30. The molecule has 88 valence electrons. The molecule has 2 aromatic rings. The number of rotatable bonds is 1. The normalized spacial score (nSPS) is 11.5. The van der Waals surface area contributed by atoms with E-state index >= 15 is 0 Å². The molecule has 17 heavy (non-hydrogen) atoms. The lowest BCUT2D eigenvalue weighted by Crippen LogP contribution is -2.05. The van der Waals surface area contributed by atoms with Gasteiger partial charge in [0.05, 0.1) is 17.0 Å². The van der Waals surface area contributed by atoms with Crippen LogP contribution in [0, 0.1) is 6.92 Å². The van der Waals surface area contributed by atoms with Crippen molar-refractivity contribution >= 4 is 0 Å². The maximum Gasteiger partial charge on any atom is 0.417 e. The van der Waals surface area contributed by atoms with Gasteiger partial charge in [0.15, 0.2) is 0 Å². The van der Waals surface area contributed by atoms with Crippen LogP contribution >= 0.6 is 0 Å². The Hall–Kier alpha value is -1.91. The second kappa shape index (κ2) is 4.16. The molecule has 0 saturated carbocycles. The monoisotopic (exact) mass is 238 g/mol. The predicted octanol–water partition coefficient (Wildman–Crippen LogP) is 3.47. The van der Waals surface area contributed by atoms with Crippen molar-refractivity contribution in [1.82, 2.24) is 9.97 Å². The Kier molecular flexibility index (Phi) is 2.83. The summed E-state index contributed by atoms with van der Waals surface area (Å²) in [6.07, 6.45) is -1.89. The number of aromatic nitrogens is 2. The molecule has 5 heteroatoms. The summed E-state index contributed by atoms with van der Waals surface area (Å²) in [6.45, 7) is 1.89. The summed E-state index contributed by atoms with van der Waals surface area (Å²) in [5.41, 5.74) is 1.22. The van der Waals surface area contributed by atoms with Crippen molar-refractivity contribution in [3.8, 4) is 11.4 Å². The molecule has 0 spiro atoms. The molecule has 0 bridgehead atoms. The Balaban J connectivity index is 2.33. The van der Waals surface area contributed by atoms with E-state index in [0.29, 0.717) is 11.4 Å². The van der Waals surface area contributed by atoms with Crippen LogP contribution in [-0.2, 0) is 6.18 Å². The molecule has 2 rings (SSSR count). The fourth-order valence-electron chi connectivity index (χ4n) is 1.33. The molecule has 0 N–H and O–H groups in total. The fourth-order valence-corrected chi connectivity index (χ4v) is 1.33. The number of hydrogen-bond donors (Lipinski definition) is 0. The molecule has 0 amide bonds. The van der Waals surface area contributed by atoms with Crippen molar-refractivity contribution in [3.05, 3.63) is 47.8 Å². The maximum atomic E-state index is 12.3. The molecule has 0 fully saturated rings. The highest BCUT2D eigenvalue weighted by atomic mass is 19.4. The highest BCUT2D eigenvalue weighted by molar-refractivity contribution is 5.54. The molecule has 2 heterocycles. The lowest BCUT2D eigenvalue weighted by atomic mass is 10.2. The first-order valence-corrected chi connectivity index (χ1v) is 4.93. The van der Waals surface area contributed by atoms with Gasteiger partial charge in [0.1, 0.15) is 0 Å². The van der Waals surface area contributed by atoms with Crippen LogP contribution in [0.15, 0.2) is 36.7 Å². The first-order valence-electron chi connectivity index (χ1n) is 4.93. The van der Waals surface area contributed by atoms with Gasteiger partial charge in [-0.25, -0.2) is 0 Å². The SMILES string of the molecule is Cc1ccc(-c2ccc(C(F)(F)F)cn2)nc1. The van der Waals surface area contributed by atoms with Gasteiger partial charge in [0.25, 0.3) is 0 Å². The van der Waals surface area contributed by atoms with E-state index in [1.54, 1.807) is 12.3 Å². The topological polar surface area (TPSA) is 25.8 Å². The van der Waals surface area contributed by atoms with E-state index < -0.39 is 11.7 Å². The van der Waals surface area contributed by atoms with Crippen molar-refractivity contribution in [1.29, 1.82) is 0 Å². The Bertz CT molecular complexity index is 501. The average Bonchev–Trinajstić information content (AvgIpc) is 2.29. The molecule has 0 atom stereocenters. The number of nitrogens with zero attached hydrogens (tertiary/aromatic N) is 2. The summed E-state index contributed by atoms with van der Waals surface area (Å²) in [7, 11) is 0. The molecular weight excluding hydrogens is 229 g/mol. The lowest BCUT2D eigenvalue weighted by molar-refractivity contribution is -0.137. The third-order valence-electron chi connectivity index (χ3n) is 2.26. The largest absolute Gasteiger partial charge is 0.417 e. The third-order valence-corrected chi connectivity index (χ3v) is 2.26. The van der Waals surface area contributed by atoms with Gasteiger partial charge in [-0.05, 0) is 30.7 Å². The van der Waals surface area contributed by atoms with Crippen LogP contribution in [0.1, 0.15) is 11.1 Å². The van der Waals surface area contributed by atoms with Crippen LogP contribution in [0.2, 0.25) is 0 Å². The van der Waals surface area contributed by atoms with Gasteiger partial charge >= 0.3 is 6.18 Å². The molecule has 0 aliphatic heterocycles. The number of hydrogen-bond acceptors (Lipinski definition) is 2. The zero-order chi connectivity index (χ0) is 12.5. The highest BCUT2D eigenvalue weighted by Crippen LogP contribution is 2.29. The zero-order valence-electron chi connectivity index (χ0n) is 8.99. The smallest absolute Gasteiger partial charge is 0.254 e. The van der Waals surface area contributed by atoms with Gasteiger partial charge in [-0.15, -0.1) is 0 Å². The number of pyridine rings is 2. The quantitative estimate of drug-likeness (QED) is 0.760. The van der Waals surface area contributed by atoms with Gasteiger partial charge < -0.3 is 0 Å².